The number of piperazine rings is 1. The van der Waals surface area contributed by atoms with E-state index in [4.69, 9.17) is 9.47 Å². The van der Waals surface area contributed by atoms with Gasteiger partial charge in [-0.3, -0.25) is 4.90 Å². The van der Waals surface area contributed by atoms with Gasteiger partial charge in [0.2, 0.25) is 0 Å². The first-order valence-corrected chi connectivity index (χ1v) is 13.8. The summed E-state index contributed by atoms with van der Waals surface area (Å²) in [5.41, 5.74) is 3.51. The molecule has 5 rings (SSSR count). The fourth-order valence-corrected chi connectivity index (χ4v) is 6.90. The van der Waals surface area contributed by atoms with E-state index in [9.17, 15) is 10.2 Å². The van der Waals surface area contributed by atoms with Crippen LogP contribution in [0.15, 0.2) is 42.5 Å². The number of ether oxygens (including phenoxy) is 2. The van der Waals surface area contributed by atoms with Crippen molar-refractivity contribution >= 4 is 0 Å². The molecule has 7 heteroatoms. The lowest BCUT2D eigenvalue weighted by Gasteiger charge is -2.58. The molecule has 202 valence electrons. The molecule has 2 heterocycles. The molecule has 3 fully saturated rings. The predicted octanol–water partition coefficient (Wildman–Crippen LogP) is 3.81. The minimum Gasteiger partial charge on any atom is -0.493 e. The molecule has 0 radical (unpaired) electrons. The predicted molar refractivity (Wildman–Crippen MR) is 145 cm³/mol. The zero-order chi connectivity index (χ0) is 26.2. The average Bonchev–Trinajstić information content (AvgIpc) is 2.91. The molecular formula is C30H43N3O4. The summed E-state index contributed by atoms with van der Waals surface area (Å²) < 4.78 is 10.8. The van der Waals surface area contributed by atoms with Crippen molar-refractivity contribution in [3.8, 4) is 11.5 Å². The van der Waals surface area contributed by atoms with Crippen LogP contribution in [0.1, 0.15) is 68.2 Å². The fourth-order valence-electron chi connectivity index (χ4n) is 6.90. The lowest BCUT2D eigenvalue weighted by molar-refractivity contribution is -0.288. The Balaban J connectivity index is 1.44. The van der Waals surface area contributed by atoms with Crippen LogP contribution in [0, 0.1) is 5.41 Å². The molecule has 2 aliphatic heterocycles. The molecule has 1 spiro atoms. The molecule has 0 bridgehead atoms. The Bertz CT molecular complexity index is 1070. The maximum atomic E-state index is 11.5. The zero-order valence-electron chi connectivity index (χ0n) is 22.7. The summed E-state index contributed by atoms with van der Waals surface area (Å²) >= 11 is 0. The lowest BCUT2D eigenvalue weighted by Crippen LogP contribution is -2.62. The topological polar surface area (TPSA) is 77.4 Å². The van der Waals surface area contributed by atoms with E-state index in [0.29, 0.717) is 47.5 Å². The van der Waals surface area contributed by atoms with Crippen molar-refractivity contribution in [1.29, 1.82) is 0 Å². The Morgan fingerprint density at radius 1 is 0.973 bits per heavy atom. The molecule has 0 aromatic heterocycles. The molecular weight excluding hydrogens is 466 g/mol. The summed E-state index contributed by atoms with van der Waals surface area (Å²) in [5, 5.41) is 26.5. The average molecular weight is 510 g/mol. The molecule has 37 heavy (non-hydrogen) atoms. The maximum absolute atomic E-state index is 11.5. The van der Waals surface area contributed by atoms with Crippen molar-refractivity contribution in [1.82, 2.24) is 15.1 Å². The minimum atomic E-state index is -2.12. The van der Waals surface area contributed by atoms with E-state index in [1.54, 1.807) is 32.4 Å². The Labute approximate surface area is 221 Å². The van der Waals surface area contributed by atoms with Crippen LogP contribution in [0.4, 0.5) is 0 Å². The summed E-state index contributed by atoms with van der Waals surface area (Å²) in [4.78, 5) is 4.47. The van der Waals surface area contributed by atoms with E-state index >= 15 is 0 Å². The quantitative estimate of drug-likeness (QED) is 0.490. The van der Waals surface area contributed by atoms with Gasteiger partial charge in [-0.2, -0.15) is 0 Å². The Morgan fingerprint density at radius 2 is 1.68 bits per heavy atom. The number of nitrogens with one attached hydrogen (secondary N) is 1. The van der Waals surface area contributed by atoms with E-state index in [1.807, 2.05) is 4.90 Å². The summed E-state index contributed by atoms with van der Waals surface area (Å²) in [7, 11) is 3.14. The molecule has 2 saturated heterocycles. The summed E-state index contributed by atoms with van der Waals surface area (Å²) in [6, 6.07) is 14.4. The van der Waals surface area contributed by atoms with Crippen LogP contribution in [-0.2, 0) is 5.91 Å². The van der Waals surface area contributed by atoms with E-state index in [0.717, 1.165) is 19.6 Å². The van der Waals surface area contributed by atoms with Crippen LogP contribution >= 0.6 is 0 Å². The van der Waals surface area contributed by atoms with Crippen molar-refractivity contribution < 1.29 is 19.7 Å². The standard InChI is InChI=1S/C30H43N3O4/c1-21(2)24-7-5-6-8-25(24)26-20-32(30(34,35)22-9-10-27(36-3)28(17-22)37-4)15-16-33(26)23-18-29(19-23)11-13-31-14-12-29/h5-10,17,21,23,26,31,34-35H,11-16,18-20H2,1-4H3. The van der Waals surface area contributed by atoms with Crippen molar-refractivity contribution in [2.45, 2.75) is 63.4 Å². The highest BCUT2D eigenvalue weighted by atomic mass is 16.5. The number of benzene rings is 2. The second kappa shape index (κ2) is 10.5. The monoisotopic (exact) mass is 509 g/mol. The molecule has 1 unspecified atom stereocenters. The van der Waals surface area contributed by atoms with Gasteiger partial charge >= 0.3 is 0 Å². The van der Waals surface area contributed by atoms with Gasteiger partial charge in [-0.15, -0.1) is 0 Å². The van der Waals surface area contributed by atoms with Crippen LogP contribution in [0.5, 0.6) is 11.5 Å². The van der Waals surface area contributed by atoms with Crippen LogP contribution in [-0.4, -0.2) is 73.0 Å². The first-order valence-electron chi connectivity index (χ1n) is 13.8. The van der Waals surface area contributed by atoms with Gasteiger partial charge in [-0.05, 0) is 79.4 Å². The number of hydrogen-bond acceptors (Lipinski definition) is 7. The molecule has 2 aromatic rings. The summed E-state index contributed by atoms with van der Waals surface area (Å²) in [6.45, 7) is 8.65. The summed E-state index contributed by atoms with van der Waals surface area (Å²) in [5.74, 6) is -0.682. The number of nitrogens with zero attached hydrogens (tertiary/aromatic N) is 2. The van der Waals surface area contributed by atoms with Crippen molar-refractivity contribution in [2.24, 2.45) is 5.41 Å². The van der Waals surface area contributed by atoms with Crippen LogP contribution < -0.4 is 14.8 Å². The highest BCUT2D eigenvalue weighted by Crippen LogP contribution is 2.52. The molecule has 1 saturated carbocycles. The molecule has 7 nitrogen and oxygen atoms in total. The number of methoxy groups -OCH3 is 2. The van der Waals surface area contributed by atoms with Gasteiger partial charge in [-0.1, -0.05) is 38.1 Å². The van der Waals surface area contributed by atoms with Crippen LogP contribution in [0.25, 0.3) is 0 Å². The SMILES string of the molecule is COc1ccc(C(O)(O)N2CCN(C3CC4(CCNCC4)C3)C(c3ccccc3C(C)C)C2)cc1OC. The van der Waals surface area contributed by atoms with Gasteiger partial charge in [0, 0.05) is 37.3 Å². The normalized spacial score (nSPS) is 23.3. The van der Waals surface area contributed by atoms with Crippen molar-refractivity contribution in [2.75, 3.05) is 46.9 Å². The molecule has 2 aromatic carbocycles. The molecule has 3 N–H and O–H groups in total. The third kappa shape index (κ3) is 5.00. The largest absolute Gasteiger partial charge is 0.493 e. The first kappa shape index (κ1) is 26.4. The molecule has 3 aliphatic rings. The maximum Gasteiger partial charge on any atom is 0.253 e. The van der Waals surface area contributed by atoms with Crippen LogP contribution in [0.2, 0.25) is 0 Å². The highest BCUT2D eigenvalue weighted by molar-refractivity contribution is 5.44. The fraction of sp³-hybridized carbons (Fsp3) is 0.600. The molecule has 0 amide bonds. The zero-order valence-corrected chi connectivity index (χ0v) is 22.7. The third-order valence-corrected chi connectivity index (χ3v) is 9.08. The highest BCUT2D eigenvalue weighted by Gasteiger charge is 2.50. The van der Waals surface area contributed by atoms with Gasteiger partial charge in [0.25, 0.3) is 5.91 Å². The molecule has 1 atom stereocenters. The number of rotatable bonds is 7. The summed E-state index contributed by atoms with van der Waals surface area (Å²) in [6.07, 6.45) is 5.03. The van der Waals surface area contributed by atoms with Gasteiger partial charge in [0.1, 0.15) is 0 Å². The Morgan fingerprint density at radius 3 is 2.35 bits per heavy atom. The second-order valence-electron chi connectivity index (χ2n) is 11.5. The van der Waals surface area contributed by atoms with E-state index in [-0.39, 0.29) is 6.04 Å². The van der Waals surface area contributed by atoms with Gasteiger partial charge < -0.3 is 25.0 Å². The van der Waals surface area contributed by atoms with Gasteiger partial charge in [-0.25, -0.2) is 4.90 Å². The second-order valence-corrected chi connectivity index (χ2v) is 11.5. The lowest BCUT2D eigenvalue weighted by atomic mass is 9.60. The number of aliphatic hydroxyl groups is 2. The van der Waals surface area contributed by atoms with E-state index < -0.39 is 5.91 Å². The minimum absolute atomic E-state index is 0.0928. The smallest absolute Gasteiger partial charge is 0.253 e. The van der Waals surface area contributed by atoms with E-state index in [1.165, 1.54) is 36.8 Å². The first-order chi connectivity index (χ1) is 17.8. The van der Waals surface area contributed by atoms with Crippen molar-refractivity contribution in [3.63, 3.8) is 0 Å². The van der Waals surface area contributed by atoms with E-state index in [2.05, 4.69) is 48.3 Å². The van der Waals surface area contributed by atoms with Crippen LogP contribution in [0.3, 0.4) is 0 Å². The van der Waals surface area contributed by atoms with Crippen molar-refractivity contribution in [3.05, 3.63) is 59.2 Å². The Kier molecular flexibility index (Phi) is 7.53. The van der Waals surface area contributed by atoms with Gasteiger partial charge in [0.15, 0.2) is 11.5 Å². The van der Waals surface area contributed by atoms with Gasteiger partial charge in [0.05, 0.1) is 14.2 Å². The third-order valence-electron chi connectivity index (χ3n) is 9.08. The number of hydrogen-bond donors (Lipinski definition) is 3. The molecule has 1 aliphatic carbocycles. The number of piperidine rings is 1. The Hall–Kier alpha value is -2.16.